The molecule has 0 radical (unpaired) electrons. The predicted molar refractivity (Wildman–Crippen MR) is 52.2 cm³/mol. The van der Waals surface area contributed by atoms with Gasteiger partial charge in [-0.3, -0.25) is 4.39 Å². The van der Waals surface area contributed by atoms with Crippen LogP contribution in [0.5, 0.6) is 0 Å². The third-order valence-corrected chi connectivity index (χ3v) is 2.06. The van der Waals surface area contributed by atoms with Gasteiger partial charge in [0.15, 0.2) is 0 Å². The van der Waals surface area contributed by atoms with Gasteiger partial charge in [0.1, 0.15) is 0 Å². The maximum atomic E-state index is 11.7. The summed E-state index contributed by atoms with van der Waals surface area (Å²) in [7, 11) is 1.99. The lowest BCUT2D eigenvalue weighted by Crippen LogP contribution is -2.06. The fraction of sp³-hybridized carbons (Fsp3) is 1.00. The molecule has 0 aromatic rings. The SMILES string of the molecule is CNCCCCCCCCCF. The molecule has 0 amide bonds. The normalized spacial score (nSPS) is 10.5. The van der Waals surface area contributed by atoms with E-state index in [2.05, 4.69) is 5.32 Å². The van der Waals surface area contributed by atoms with Crippen LogP contribution in [-0.4, -0.2) is 20.3 Å². The summed E-state index contributed by atoms with van der Waals surface area (Å²) in [6, 6.07) is 0. The number of alkyl halides is 1. The Morgan fingerprint density at radius 2 is 1.33 bits per heavy atom. The molecule has 0 heterocycles. The Balaban J connectivity index is 2.73. The molecule has 0 unspecified atom stereocenters. The van der Waals surface area contributed by atoms with Crippen molar-refractivity contribution < 1.29 is 4.39 Å². The van der Waals surface area contributed by atoms with E-state index < -0.39 is 0 Å². The minimum absolute atomic E-state index is 0.139. The van der Waals surface area contributed by atoms with E-state index in [0.717, 1.165) is 19.4 Å². The zero-order chi connectivity index (χ0) is 9.07. The lowest BCUT2D eigenvalue weighted by Gasteiger charge is -2.00. The lowest BCUT2D eigenvalue weighted by atomic mass is 10.1. The topological polar surface area (TPSA) is 12.0 Å². The zero-order valence-electron chi connectivity index (χ0n) is 8.24. The Morgan fingerprint density at radius 3 is 1.83 bits per heavy atom. The first-order chi connectivity index (χ1) is 5.91. The third kappa shape index (κ3) is 9.89. The Kier molecular flexibility index (Phi) is 10.8. The lowest BCUT2D eigenvalue weighted by molar-refractivity contribution is 0.449. The summed E-state index contributed by atoms with van der Waals surface area (Å²) in [5, 5.41) is 3.13. The molecular weight excluding hydrogens is 153 g/mol. The van der Waals surface area contributed by atoms with Crippen LogP contribution in [0.1, 0.15) is 44.9 Å². The van der Waals surface area contributed by atoms with Crippen LogP contribution >= 0.6 is 0 Å². The van der Waals surface area contributed by atoms with Gasteiger partial charge in [-0.1, -0.05) is 32.1 Å². The summed E-state index contributed by atoms with van der Waals surface area (Å²) in [6.07, 6.45) is 8.23. The number of rotatable bonds is 9. The molecule has 0 bridgehead atoms. The molecule has 0 spiro atoms. The molecule has 1 N–H and O–H groups in total. The van der Waals surface area contributed by atoms with Gasteiger partial charge in [-0.25, -0.2) is 0 Å². The summed E-state index contributed by atoms with van der Waals surface area (Å²) in [5.74, 6) is 0. The minimum atomic E-state index is -0.139. The highest BCUT2D eigenvalue weighted by atomic mass is 19.1. The maximum Gasteiger partial charge on any atom is 0.0894 e. The van der Waals surface area contributed by atoms with Crippen molar-refractivity contribution in [1.82, 2.24) is 5.32 Å². The summed E-state index contributed by atoms with van der Waals surface area (Å²) < 4.78 is 11.7. The van der Waals surface area contributed by atoms with Gasteiger partial charge >= 0.3 is 0 Å². The summed E-state index contributed by atoms with van der Waals surface area (Å²) in [6.45, 7) is 0.990. The zero-order valence-corrected chi connectivity index (χ0v) is 8.24. The molecule has 0 saturated carbocycles. The Bertz CT molecular complexity index is 66.2. The van der Waals surface area contributed by atoms with Crippen molar-refractivity contribution in [3.63, 3.8) is 0 Å². The van der Waals surface area contributed by atoms with Gasteiger partial charge in [0.25, 0.3) is 0 Å². The highest BCUT2D eigenvalue weighted by Crippen LogP contribution is 2.06. The molecule has 0 aliphatic heterocycles. The minimum Gasteiger partial charge on any atom is -0.320 e. The smallest absolute Gasteiger partial charge is 0.0894 e. The number of halogens is 1. The van der Waals surface area contributed by atoms with Crippen LogP contribution in [0.3, 0.4) is 0 Å². The first-order valence-corrected chi connectivity index (χ1v) is 5.12. The monoisotopic (exact) mass is 175 g/mol. The first-order valence-electron chi connectivity index (χ1n) is 5.12. The molecular formula is C10H22FN. The second-order valence-corrected chi connectivity index (χ2v) is 3.27. The predicted octanol–water partition coefficient (Wildman–Crippen LogP) is 2.91. The van der Waals surface area contributed by atoms with E-state index >= 15 is 0 Å². The van der Waals surface area contributed by atoms with Crippen LogP contribution in [-0.2, 0) is 0 Å². The van der Waals surface area contributed by atoms with Crippen LogP contribution in [0.4, 0.5) is 4.39 Å². The molecule has 0 atom stereocenters. The Hall–Kier alpha value is -0.110. The maximum absolute atomic E-state index is 11.7. The van der Waals surface area contributed by atoms with Gasteiger partial charge in [0.05, 0.1) is 6.67 Å². The molecule has 0 saturated heterocycles. The molecule has 0 aliphatic carbocycles. The van der Waals surface area contributed by atoms with Crippen molar-refractivity contribution in [3.8, 4) is 0 Å². The van der Waals surface area contributed by atoms with Gasteiger partial charge < -0.3 is 5.32 Å². The van der Waals surface area contributed by atoms with E-state index in [0.29, 0.717) is 0 Å². The van der Waals surface area contributed by atoms with Gasteiger partial charge in [0, 0.05) is 0 Å². The van der Waals surface area contributed by atoms with E-state index in [1.165, 1.54) is 32.1 Å². The molecule has 1 nitrogen and oxygen atoms in total. The van der Waals surface area contributed by atoms with E-state index in [1.54, 1.807) is 0 Å². The van der Waals surface area contributed by atoms with Crippen molar-refractivity contribution in [3.05, 3.63) is 0 Å². The molecule has 0 aromatic heterocycles. The summed E-state index contributed by atoms with van der Waals surface area (Å²) in [4.78, 5) is 0. The molecule has 2 heteroatoms. The standard InChI is InChI=1S/C10H22FN/c1-12-10-8-6-4-2-3-5-7-9-11/h12H,2-10H2,1H3. The van der Waals surface area contributed by atoms with E-state index in [-0.39, 0.29) is 6.67 Å². The average molecular weight is 175 g/mol. The molecule has 0 aromatic carbocycles. The van der Waals surface area contributed by atoms with Gasteiger partial charge in [-0.2, -0.15) is 0 Å². The molecule has 0 fully saturated rings. The molecule has 0 rings (SSSR count). The van der Waals surface area contributed by atoms with Crippen molar-refractivity contribution in [2.45, 2.75) is 44.9 Å². The van der Waals surface area contributed by atoms with Crippen molar-refractivity contribution in [2.75, 3.05) is 20.3 Å². The molecule has 0 aliphatic rings. The van der Waals surface area contributed by atoms with E-state index in [1.807, 2.05) is 7.05 Å². The number of nitrogens with one attached hydrogen (secondary N) is 1. The van der Waals surface area contributed by atoms with E-state index in [4.69, 9.17) is 0 Å². The van der Waals surface area contributed by atoms with E-state index in [9.17, 15) is 4.39 Å². The van der Waals surface area contributed by atoms with Crippen LogP contribution < -0.4 is 5.32 Å². The second kappa shape index (κ2) is 10.9. The molecule has 12 heavy (non-hydrogen) atoms. The Morgan fingerprint density at radius 1 is 0.833 bits per heavy atom. The first kappa shape index (κ1) is 11.9. The van der Waals surface area contributed by atoms with Crippen molar-refractivity contribution in [1.29, 1.82) is 0 Å². The van der Waals surface area contributed by atoms with Crippen molar-refractivity contribution in [2.24, 2.45) is 0 Å². The Labute approximate surface area is 75.7 Å². The second-order valence-electron chi connectivity index (χ2n) is 3.27. The number of hydrogen-bond acceptors (Lipinski definition) is 1. The fourth-order valence-corrected chi connectivity index (χ4v) is 1.28. The van der Waals surface area contributed by atoms with Gasteiger partial charge in [-0.05, 0) is 26.4 Å². The summed E-state index contributed by atoms with van der Waals surface area (Å²) >= 11 is 0. The number of hydrogen-bond donors (Lipinski definition) is 1. The molecule has 74 valence electrons. The summed E-state index contributed by atoms with van der Waals surface area (Å²) in [5.41, 5.74) is 0. The van der Waals surface area contributed by atoms with Crippen LogP contribution in [0.2, 0.25) is 0 Å². The fourth-order valence-electron chi connectivity index (χ4n) is 1.28. The van der Waals surface area contributed by atoms with Crippen LogP contribution in [0, 0.1) is 0 Å². The highest BCUT2D eigenvalue weighted by molar-refractivity contribution is 4.47. The van der Waals surface area contributed by atoms with Crippen LogP contribution in [0.25, 0.3) is 0 Å². The highest BCUT2D eigenvalue weighted by Gasteiger charge is 1.90. The number of unbranched alkanes of at least 4 members (excludes halogenated alkanes) is 6. The van der Waals surface area contributed by atoms with Crippen LogP contribution in [0.15, 0.2) is 0 Å². The largest absolute Gasteiger partial charge is 0.320 e. The van der Waals surface area contributed by atoms with Gasteiger partial charge in [-0.15, -0.1) is 0 Å². The van der Waals surface area contributed by atoms with Crippen molar-refractivity contribution >= 4 is 0 Å². The quantitative estimate of drug-likeness (QED) is 0.531. The van der Waals surface area contributed by atoms with Gasteiger partial charge in [0.2, 0.25) is 0 Å². The third-order valence-electron chi connectivity index (χ3n) is 2.06. The average Bonchev–Trinajstić information content (AvgIpc) is 2.10.